The Morgan fingerprint density at radius 1 is 1.08 bits per heavy atom. The fraction of sp³-hybridized carbons (Fsp3) is 0.0556. The van der Waals surface area contributed by atoms with E-state index in [4.69, 9.17) is 17.3 Å². The van der Waals surface area contributed by atoms with E-state index in [1.165, 1.54) is 6.07 Å². The lowest BCUT2D eigenvalue weighted by Crippen LogP contribution is -2.20. The number of halogens is 1. The average molecular weight is 354 g/mol. The number of benzene rings is 2. The molecule has 3 aromatic rings. The average Bonchev–Trinajstić information content (AvgIpc) is 3.05. The first-order valence-corrected chi connectivity index (χ1v) is 7.84. The summed E-state index contributed by atoms with van der Waals surface area (Å²) in [6.07, 6.45) is 0. The molecule has 7 heteroatoms. The number of carbonyl (C=O) groups is 3. The van der Waals surface area contributed by atoms with Crippen molar-refractivity contribution in [3.63, 3.8) is 0 Å². The Bertz CT molecular complexity index is 1110. The highest BCUT2D eigenvalue weighted by atomic mass is 35.5. The van der Waals surface area contributed by atoms with Gasteiger partial charge in [-0.1, -0.05) is 29.8 Å². The molecule has 0 radical (unpaired) electrons. The van der Waals surface area contributed by atoms with Gasteiger partial charge in [-0.25, -0.2) is 0 Å². The first-order chi connectivity index (χ1) is 11.9. The van der Waals surface area contributed by atoms with E-state index >= 15 is 0 Å². The number of hydrogen-bond donors (Lipinski definition) is 2. The number of nitrogens with zero attached hydrogens (tertiary/aromatic N) is 1. The molecule has 124 valence electrons. The Morgan fingerprint density at radius 3 is 2.44 bits per heavy atom. The van der Waals surface area contributed by atoms with Gasteiger partial charge in [-0.15, -0.1) is 0 Å². The maximum Gasteiger partial charge on any atom is 0.265 e. The fourth-order valence-electron chi connectivity index (χ4n) is 3.30. The number of fused-ring (bicyclic) bond motifs is 3. The van der Waals surface area contributed by atoms with Crippen molar-refractivity contribution in [2.45, 2.75) is 0 Å². The molecule has 0 spiro atoms. The van der Waals surface area contributed by atoms with Crippen molar-refractivity contribution in [2.24, 2.45) is 12.8 Å². The third kappa shape index (κ3) is 2.08. The van der Waals surface area contributed by atoms with Crippen LogP contribution in [0, 0.1) is 0 Å². The number of carbonyl (C=O) groups excluding carboxylic acids is 3. The maximum atomic E-state index is 12.4. The van der Waals surface area contributed by atoms with Gasteiger partial charge in [0.15, 0.2) is 0 Å². The maximum absolute atomic E-state index is 12.4. The molecule has 0 unspecified atom stereocenters. The van der Waals surface area contributed by atoms with Crippen LogP contribution in [-0.2, 0) is 7.05 Å². The molecule has 0 saturated carbocycles. The summed E-state index contributed by atoms with van der Waals surface area (Å²) in [7, 11) is 1.68. The molecule has 4 rings (SSSR count). The van der Waals surface area contributed by atoms with Crippen molar-refractivity contribution < 1.29 is 14.4 Å². The summed E-state index contributed by atoms with van der Waals surface area (Å²) in [5.41, 5.74) is 7.94. The van der Waals surface area contributed by atoms with Crippen LogP contribution in [0.5, 0.6) is 0 Å². The zero-order valence-electron chi connectivity index (χ0n) is 13.1. The van der Waals surface area contributed by atoms with Crippen molar-refractivity contribution in [2.75, 3.05) is 0 Å². The number of aryl methyl sites for hydroxylation is 1. The minimum absolute atomic E-state index is 0.237. The monoisotopic (exact) mass is 353 g/mol. The van der Waals surface area contributed by atoms with E-state index in [2.05, 4.69) is 5.32 Å². The molecule has 0 atom stereocenters. The molecule has 1 aliphatic rings. The van der Waals surface area contributed by atoms with Crippen LogP contribution in [-0.4, -0.2) is 22.3 Å². The molecule has 0 saturated heterocycles. The summed E-state index contributed by atoms with van der Waals surface area (Å²) in [6.45, 7) is 0. The van der Waals surface area contributed by atoms with E-state index < -0.39 is 17.7 Å². The summed E-state index contributed by atoms with van der Waals surface area (Å²) < 4.78 is 1.61. The van der Waals surface area contributed by atoms with Crippen molar-refractivity contribution in [1.82, 2.24) is 9.88 Å². The van der Waals surface area contributed by atoms with Gasteiger partial charge in [-0.2, -0.15) is 0 Å². The zero-order valence-corrected chi connectivity index (χ0v) is 13.8. The molecule has 0 fully saturated rings. The molecular weight excluding hydrogens is 342 g/mol. The van der Waals surface area contributed by atoms with Crippen LogP contribution in [0.4, 0.5) is 0 Å². The van der Waals surface area contributed by atoms with Gasteiger partial charge < -0.3 is 10.3 Å². The smallest absolute Gasteiger partial charge is 0.265 e. The summed E-state index contributed by atoms with van der Waals surface area (Å²) in [6, 6.07) is 10.3. The number of imide groups is 1. The van der Waals surface area contributed by atoms with E-state index in [1.807, 2.05) is 0 Å². The van der Waals surface area contributed by atoms with Crippen molar-refractivity contribution in [1.29, 1.82) is 0 Å². The van der Waals surface area contributed by atoms with Crippen molar-refractivity contribution in [3.8, 4) is 11.1 Å². The number of hydrogen-bond acceptors (Lipinski definition) is 3. The molecule has 0 aliphatic carbocycles. The van der Waals surface area contributed by atoms with Crippen LogP contribution in [0.1, 0.15) is 31.2 Å². The fourth-order valence-corrected chi connectivity index (χ4v) is 3.54. The number of amides is 3. The van der Waals surface area contributed by atoms with Crippen LogP contribution in [0.15, 0.2) is 36.4 Å². The number of nitrogens with two attached hydrogens (primary N) is 1. The Morgan fingerprint density at radius 2 is 1.76 bits per heavy atom. The molecule has 2 aromatic carbocycles. The van der Waals surface area contributed by atoms with Gasteiger partial charge in [0.1, 0.15) is 5.69 Å². The predicted molar refractivity (Wildman–Crippen MR) is 93.7 cm³/mol. The highest BCUT2D eigenvalue weighted by molar-refractivity contribution is 6.35. The molecule has 0 bridgehead atoms. The quantitative estimate of drug-likeness (QED) is 0.693. The van der Waals surface area contributed by atoms with Crippen LogP contribution < -0.4 is 11.1 Å². The molecule has 1 aromatic heterocycles. The number of primary amides is 1. The van der Waals surface area contributed by atoms with E-state index in [9.17, 15) is 14.4 Å². The van der Waals surface area contributed by atoms with Crippen LogP contribution in [0.3, 0.4) is 0 Å². The minimum atomic E-state index is -0.614. The Kier molecular flexibility index (Phi) is 3.20. The van der Waals surface area contributed by atoms with E-state index in [1.54, 1.807) is 41.9 Å². The van der Waals surface area contributed by atoms with Gasteiger partial charge in [-0.05, 0) is 23.8 Å². The first kappa shape index (κ1) is 15.4. The Labute approximate surface area is 147 Å². The van der Waals surface area contributed by atoms with E-state index in [0.717, 1.165) is 0 Å². The minimum Gasteiger partial charge on any atom is -0.364 e. The SMILES string of the molecule is Cn1c(C(N)=O)cc2c3c(c(-c4ccccc4Cl)cc21)C(=O)NC3=O. The van der Waals surface area contributed by atoms with Gasteiger partial charge in [-0.3, -0.25) is 19.7 Å². The summed E-state index contributed by atoms with van der Waals surface area (Å²) in [5.74, 6) is -1.60. The lowest BCUT2D eigenvalue weighted by atomic mass is 9.94. The van der Waals surface area contributed by atoms with Gasteiger partial charge in [0, 0.05) is 28.5 Å². The highest BCUT2D eigenvalue weighted by Gasteiger charge is 2.34. The van der Waals surface area contributed by atoms with Gasteiger partial charge >= 0.3 is 0 Å². The van der Waals surface area contributed by atoms with Gasteiger partial charge in [0.25, 0.3) is 17.7 Å². The Balaban J connectivity index is 2.19. The van der Waals surface area contributed by atoms with Crippen molar-refractivity contribution >= 4 is 40.2 Å². The summed E-state index contributed by atoms with van der Waals surface area (Å²) in [5, 5.41) is 3.28. The Hall–Kier alpha value is -3.12. The lowest BCUT2D eigenvalue weighted by molar-refractivity contribution is 0.0879. The molecule has 25 heavy (non-hydrogen) atoms. The second-order valence-electron chi connectivity index (χ2n) is 5.82. The molecule has 1 aliphatic heterocycles. The van der Waals surface area contributed by atoms with E-state index in [0.29, 0.717) is 27.1 Å². The third-order valence-corrected chi connectivity index (χ3v) is 4.78. The largest absolute Gasteiger partial charge is 0.364 e. The number of nitrogens with one attached hydrogen (secondary N) is 1. The van der Waals surface area contributed by atoms with Gasteiger partial charge in [0.05, 0.1) is 11.1 Å². The topological polar surface area (TPSA) is 94.2 Å². The van der Waals surface area contributed by atoms with Crippen LogP contribution >= 0.6 is 11.6 Å². The van der Waals surface area contributed by atoms with Crippen LogP contribution in [0.2, 0.25) is 5.02 Å². The van der Waals surface area contributed by atoms with E-state index in [-0.39, 0.29) is 16.8 Å². The van der Waals surface area contributed by atoms with Crippen molar-refractivity contribution in [3.05, 3.63) is 58.2 Å². The first-order valence-electron chi connectivity index (χ1n) is 7.47. The zero-order chi connectivity index (χ0) is 17.9. The lowest BCUT2D eigenvalue weighted by Gasteiger charge is -2.10. The van der Waals surface area contributed by atoms with Gasteiger partial charge in [0.2, 0.25) is 0 Å². The number of aromatic nitrogens is 1. The molecule has 6 nitrogen and oxygen atoms in total. The summed E-state index contributed by atoms with van der Waals surface area (Å²) in [4.78, 5) is 36.4. The van der Waals surface area contributed by atoms with Crippen LogP contribution in [0.25, 0.3) is 22.0 Å². The molecular formula is C18H12ClN3O3. The normalized spacial score (nSPS) is 13.2. The predicted octanol–water partition coefficient (Wildman–Crippen LogP) is 2.48. The molecule has 2 heterocycles. The third-order valence-electron chi connectivity index (χ3n) is 4.45. The summed E-state index contributed by atoms with van der Waals surface area (Å²) >= 11 is 6.29. The number of rotatable bonds is 2. The second-order valence-corrected chi connectivity index (χ2v) is 6.23. The second kappa shape index (κ2) is 5.19. The highest BCUT2D eigenvalue weighted by Crippen LogP contribution is 2.38. The molecule has 3 amide bonds. The standard InChI is InChI=1S/C18H12ClN3O3/c1-22-12-6-9(8-4-2-3-5-11(8)19)14-15(18(25)21-17(14)24)10(12)7-13(22)16(20)23/h2-7H,1H3,(H2,20,23)(H,21,24,25). The molecule has 3 N–H and O–H groups in total.